The molecule has 2 aromatic heterocycles. The minimum Gasteiger partial charge on any atom is -0.493 e. The summed E-state index contributed by atoms with van der Waals surface area (Å²) < 4.78 is 16.4. The molecule has 6 heteroatoms. The number of hydrogen-bond donors (Lipinski definition) is 0. The van der Waals surface area contributed by atoms with E-state index in [4.69, 9.17) is 14.2 Å². The lowest BCUT2D eigenvalue weighted by molar-refractivity contribution is 0.355. The Kier molecular flexibility index (Phi) is 3.51. The van der Waals surface area contributed by atoms with Crippen LogP contribution in [0.2, 0.25) is 0 Å². The van der Waals surface area contributed by atoms with Crippen LogP contribution in [0.5, 0.6) is 23.0 Å². The highest BCUT2D eigenvalue weighted by atomic mass is 16.5. The van der Waals surface area contributed by atoms with Crippen LogP contribution in [0.4, 0.5) is 0 Å². The van der Waals surface area contributed by atoms with Crippen LogP contribution in [0.3, 0.4) is 0 Å². The van der Waals surface area contributed by atoms with Gasteiger partial charge in [0.05, 0.1) is 32.1 Å². The van der Waals surface area contributed by atoms with Gasteiger partial charge in [0.2, 0.25) is 0 Å². The second kappa shape index (κ2) is 5.62. The maximum atomic E-state index is 5.80. The molecule has 0 amide bonds. The molecule has 6 nitrogen and oxygen atoms in total. The van der Waals surface area contributed by atoms with Crippen molar-refractivity contribution in [1.29, 1.82) is 0 Å². The number of fused-ring (bicyclic) bond motifs is 1. The van der Waals surface area contributed by atoms with Crippen molar-refractivity contribution in [3.63, 3.8) is 0 Å². The number of ether oxygens (including phenoxy) is 3. The maximum absolute atomic E-state index is 5.80. The van der Waals surface area contributed by atoms with Gasteiger partial charge in [0.15, 0.2) is 17.2 Å². The number of aromatic nitrogens is 3. The van der Waals surface area contributed by atoms with Crippen LogP contribution in [-0.4, -0.2) is 29.2 Å². The summed E-state index contributed by atoms with van der Waals surface area (Å²) in [6.45, 7) is 0. The predicted molar refractivity (Wildman–Crippen MR) is 77.0 cm³/mol. The average molecular weight is 283 g/mol. The molecule has 106 valence electrons. The lowest BCUT2D eigenvalue weighted by Crippen LogP contribution is -1.93. The van der Waals surface area contributed by atoms with Gasteiger partial charge < -0.3 is 14.2 Å². The monoisotopic (exact) mass is 283 g/mol. The number of rotatable bonds is 4. The molecule has 2 heterocycles. The molecule has 0 fully saturated rings. The van der Waals surface area contributed by atoms with Crippen LogP contribution in [0, 0.1) is 0 Å². The van der Waals surface area contributed by atoms with E-state index in [1.165, 1.54) is 6.33 Å². The topological polar surface area (TPSA) is 66.4 Å². The van der Waals surface area contributed by atoms with Crippen LogP contribution >= 0.6 is 0 Å². The fourth-order valence-electron chi connectivity index (χ4n) is 2.00. The Morgan fingerprint density at radius 2 is 1.62 bits per heavy atom. The Labute approximate surface area is 121 Å². The van der Waals surface area contributed by atoms with E-state index in [0.29, 0.717) is 23.0 Å². The zero-order chi connectivity index (χ0) is 14.7. The molecular formula is C15H13N3O3. The van der Waals surface area contributed by atoms with Crippen molar-refractivity contribution in [1.82, 2.24) is 15.0 Å². The molecule has 0 aliphatic heterocycles. The minimum atomic E-state index is 0.555. The maximum Gasteiger partial charge on any atom is 0.164 e. The molecule has 0 saturated carbocycles. The largest absolute Gasteiger partial charge is 0.493 e. The normalized spacial score (nSPS) is 10.4. The average Bonchev–Trinajstić information content (AvgIpc) is 2.55. The van der Waals surface area contributed by atoms with Crippen molar-refractivity contribution in [3.8, 4) is 23.0 Å². The van der Waals surface area contributed by atoms with Gasteiger partial charge in [-0.3, -0.25) is 4.98 Å². The van der Waals surface area contributed by atoms with Crippen LogP contribution in [0.1, 0.15) is 0 Å². The number of nitrogens with zero attached hydrogens (tertiary/aromatic N) is 3. The molecule has 3 rings (SSSR count). The van der Waals surface area contributed by atoms with Crippen LogP contribution < -0.4 is 14.2 Å². The molecule has 0 unspecified atom stereocenters. The molecule has 21 heavy (non-hydrogen) atoms. The lowest BCUT2D eigenvalue weighted by atomic mass is 10.2. The van der Waals surface area contributed by atoms with Gasteiger partial charge in [-0.1, -0.05) is 0 Å². The molecule has 0 spiro atoms. The van der Waals surface area contributed by atoms with Crippen LogP contribution in [0.25, 0.3) is 10.9 Å². The summed E-state index contributed by atoms with van der Waals surface area (Å²) >= 11 is 0. The van der Waals surface area contributed by atoms with Gasteiger partial charge in [0.1, 0.15) is 12.1 Å². The van der Waals surface area contributed by atoms with Crippen molar-refractivity contribution < 1.29 is 14.2 Å². The fraction of sp³-hybridized carbons (Fsp3) is 0.133. The molecule has 0 atom stereocenters. The van der Waals surface area contributed by atoms with E-state index in [9.17, 15) is 0 Å². The number of pyridine rings is 1. The molecule has 0 N–H and O–H groups in total. The minimum absolute atomic E-state index is 0.555. The van der Waals surface area contributed by atoms with Crippen LogP contribution in [0.15, 0.2) is 43.1 Å². The van der Waals surface area contributed by atoms with E-state index in [1.807, 2.05) is 12.1 Å². The summed E-state index contributed by atoms with van der Waals surface area (Å²) in [6, 6.07) is 5.42. The van der Waals surface area contributed by atoms with Gasteiger partial charge in [-0.15, -0.1) is 0 Å². The van der Waals surface area contributed by atoms with Crippen molar-refractivity contribution in [2.24, 2.45) is 0 Å². The molecule has 3 aromatic rings. The van der Waals surface area contributed by atoms with Crippen molar-refractivity contribution in [2.75, 3.05) is 14.2 Å². The number of benzene rings is 1. The molecule has 1 aromatic carbocycles. The smallest absolute Gasteiger partial charge is 0.164 e. The summed E-state index contributed by atoms with van der Waals surface area (Å²) in [5.74, 6) is 2.44. The van der Waals surface area contributed by atoms with Crippen molar-refractivity contribution in [2.45, 2.75) is 0 Å². The lowest BCUT2D eigenvalue weighted by Gasteiger charge is -2.11. The molecule has 0 aliphatic rings. The third-order valence-corrected chi connectivity index (χ3v) is 2.97. The van der Waals surface area contributed by atoms with Gasteiger partial charge in [-0.25, -0.2) is 9.97 Å². The van der Waals surface area contributed by atoms with Gasteiger partial charge in [-0.2, -0.15) is 0 Å². The van der Waals surface area contributed by atoms with Crippen molar-refractivity contribution >= 4 is 10.9 Å². The summed E-state index contributed by atoms with van der Waals surface area (Å²) in [4.78, 5) is 12.2. The number of hydrogen-bond acceptors (Lipinski definition) is 6. The second-order valence-electron chi connectivity index (χ2n) is 4.21. The third-order valence-electron chi connectivity index (χ3n) is 2.97. The van der Waals surface area contributed by atoms with Crippen molar-refractivity contribution in [3.05, 3.63) is 43.1 Å². The highest BCUT2D eigenvalue weighted by molar-refractivity contribution is 5.88. The predicted octanol–water partition coefficient (Wildman–Crippen LogP) is 2.83. The summed E-state index contributed by atoms with van der Waals surface area (Å²) in [5, 5.41) is 0.819. The van der Waals surface area contributed by atoms with Crippen LogP contribution in [-0.2, 0) is 0 Å². The first kappa shape index (κ1) is 13.1. The second-order valence-corrected chi connectivity index (χ2v) is 4.21. The SMILES string of the molecule is COc1cc2nccc(Oc3cncnc3)c2cc1OC. The molecule has 0 saturated heterocycles. The first-order valence-corrected chi connectivity index (χ1v) is 6.25. The van der Waals surface area contributed by atoms with E-state index >= 15 is 0 Å². The third kappa shape index (κ3) is 2.55. The van der Waals surface area contributed by atoms with E-state index in [0.717, 1.165) is 10.9 Å². The standard InChI is InChI=1S/C15H13N3O3/c1-19-14-5-11-12(6-15(14)20-2)18-4-3-13(11)21-10-7-16-9-17-8-10/h3-9H,1-2H3. The zero-order valence-electron chi connectivity index (χ0n) is 11.6. The van der Waals surface area contributed by atoms with E-state index in [1.54, 1.807) is 38.9 Å². The first-order chi connectivity index (χ1) is 10.3. The Balaban J connectivity index is 2.10. The quantitative estimate of drug-likeness (QED) is 0.733. The van der Waals surface area contributed by atoms with Gasteiger partial charge >= 0.3 is 0 Å². The fourth-order valence-corrected chi connectivity index (χ4v) is 2.00. The van der Waals surface area contributed by atoms with Gasteiger partial charge in [-0.05, 0) is 12.1 Å². The summed E-state index contributed by atoms with van der Waals surface area (Å²) in [5.41, 5.74) is 0.752. The highest BCUT2D eigenvalue weighted by Crippen LogP contribution is 2.36. The van der Waals surface area contributed by atoms with Gasteiger partial charge in [0, 0.05) is 17.6 Å². The molecule has 0 aliphatic carbocycles. The molecular weight excluding hydrogens is 270 g/mol. The van der Waals surface area contributed by atoms with E-state index in [-0.39, 0.29) is 0 Å². The molecule has 0 bridgehead atoms. The Bertz CT molecular complexity index is 763. The van der Waals surface area contributed by atoms with E-state index in [2.05, 4.69) is 15.0 Å². The highest BCUT2D eigenvalue weighted by Gasteiger charge is 2.11. The van der Waals surface area contributed by atoms with E-state index < -0.39 is 0 Å². The summed E-state index contributed by atoms with van der Waals surface area (Å²) in [7, 11) is 3.18. The Morgan fingerprint density at radius 3 is 2.33 bits per heavy atom. The summed E-state index contributed by atoms with van der Waals surface area (Å²) in [6.07, 6.45) is 6.32. The molecule has 0 radical (unpaired) electrons. The zero-order valence-corrected chi connectivity index (χ0v) is 11.6. The van der Waals surface area contributed by atoms with Gasteiger partial charge in [0.25, 0.3) is 0 Å². The number of methoxy groups -OCH3 is 2. The first-order valence-electron chi connectivity index (χ1n) is 6.25. The Morgan fingerprint density at radius 1 is 0.905 bits per heavy atom. The Hall–Kier alpha value is -2.89.